The van der Waals surface area contributed by atoms with E-state index in [1.54, 1.807) is 16.8 Å². The molecule has 0 unspecified atom stereocenters. The van der Waals surface area contributed by atoms with Crippen molar-refractivity contribution in [2.45, 2.75) is 6.92 Å². The normalized spacial score (nSPS) is 10.7. The minimum atomic E-state index is -0.0823. The van der Waals surface area contributed by atoms with Gasteiger partial charge in [0.05, 0.1) is 11.4 Å². The molecule has 0 aliphatic carbocycles. The molecule has 0 saturated carbocycles. The van der Waals surface area contributed by atoms with E-state index in [1.165, 1.54) is 0 Å². The number of rotatable bonds is 3. The molecule has 1 aromatic heterocycles. The Kier molecular flexibility index (Phi) is 3.77. The number of benzene rings is 2. The van der Waals surface area contributed by atoms with Gasteiger partial charge in [-0.3, -0.25) is 9.48 Å². The van der Waals surface area contributed by atoms with E-state index in [2.05, 4.69) is 5.32 Å². The van der Waals surface area contributed by atoms with Gasteiger partial charge in [-0.1, -0.05) is 29.8 Å². The van der Waals surface area contributed by atoms with Gasteiger partial charge in [0.25, 0.3) is 5.56 Å². The minimum Gasteiger partial charge on any atom is -0.349 e. The highest BCUT2D eigenvalue weighted by Crippen LogP contribution is 2.20. The Morgan fingerprint density at radius 3 is 2.27 bits per heavy atom. The topological polar surface area (TPSA) is 39.0 Å². The van der Waals surface area contributed by atoms with Crippen LogP contribution in [0.4, 0.5) is 11.4 Å². The second-order valence-electron chi connectivity index (χ2n) is 5.07. The fourth-order valence-electron chi connectivity index (χ4n) is 2.39. The number of hydrogen-bond donors (Lipinski definition) is 1. The molecule has 0 aliphatic rings. The van der Waals surface area contributed by atoms with E-state index >= 15 is 0 Å². The zero-order valence-electron chi connectivity index (χ0n) is 12.4. The van der Waals surface area contributed by atoms with Crippen LogP contribution in [0.3, 0.4) is 0 Å². The van der Waals surface area contributed by atoms with Gasteiger partial charge in [0.2, 0.25) is 0 Å². The van der Waals surface area contributed by atoms with Gasteiger partial charge in [0.15, 0.2) is 0 Å². The lowest BCUT2D eigenvalue weighted by Crippen LogP contribution is -2.20. The third-order valence-corrected chi connectivity index (χ3v) is 3.92. The standard InChI is InChI=1S/C17H16ClN3O/c1-12-16(19-14-10-8-13(18)9-11-14)17(22)21(20(12)2)15-6-4-3-5-7-15/h3-11,19H,1-2H3. The van der Waals surface area contributed by atoms with Crippen LogP contribution in [0.25, 0.3) is 5.69 Å². The maximum absolute atomic E-state index is 12.7. The van der Waals surface area contributed by atoms with Crippen molar-refractivity contribution in [1.29, 1.82) is 0 Å². The molecule has 0 spiro atoms. The molecule has 4 nitrogen and oxygen atoms in total. The van der Waals surface area contributed by atoms with Crippen molar-refractivity contribution in [3.05, 3.63) is 75.7 Å². The molecule has 22 heavy (non-hydrogen) atoms. The summed E-state index contributed by atoms with van der Waals surface area (Å²) >= 11 is 5.89. The Labute approximate surface area is 133 Å². The Morgan fingerprint density at radius 2 is 1.64 bits per heavy atom. The summed E-state index contributed by atoms with van der Waals surface area (Å²) in [5.41, 5.74) is 3.01. The summed E-state index contributed by atoms with van der Waals surface area (Å²) in [6.45, 7) is 1.92. The van der Waals surface area contributed by atoms with E-state index in [4.69, 9.17) is 11.6 Å². The van der Waals surface area contributed by atoms with E-state index in [0.717, 1.165) is 17.1 Å². The van der Waals surface area contributed by atoms with Crippen LogP contribution < -0.4 is 10.9 Å². The summed E-state index contributed by atoms with van der Waals surface area (Å²) in [5.74, 6) is 0. The fraction of sp³-hybridized carbons (Fsp3) is 0.118. The number of halogens is 1. The monoisotopic (exact) mass is 313 g/mol. The molecule has 0 radical (unpaired) electrons. The van der Waals surface area contributed by atoms with Crippen LogP contribution in [-0.2, 0) is 7.05 Å². The second-order valence-corrected chi connectivity index (χ2v) is 5.50. The second kappa shape index (κ2) is 5.73. The first kappa shape index (κ1) is 14.5. The average Bonchev–Trinajstić information content (AvgIpc) is 2.74. The van der Waals surface area contributed by atoms with E-state index < -0.39 is 0 Å². The molecular weight excluding hydrogens is 298 g/mol. The van der Waals surface area contributed by atoms with Crippen LogP contribution in [-0.4, -0.2) is 9.36 Å². The van der Waals surface area contributed by atoms with Crippen molar-refractivity contribution in [1.82, 2.24) is 9.36 Å². The summed E-state index contributed by atoms with van der Waals surface area (Å²) < 4.78 is 3.49. The van der Waals surface area contributed by atoms with Crippen LogP contribution in [0.15, 0.2) is 59.4 Å². The highest BCUT2D eigenvalue weighted by Gasteiger charge is 2.15. The first-order valence-corrected chi connectivity index (χ1v) is 7.32. The Hall–Kier alpha value is -2.46. The lowest BCUT2D eigenvalue weighted by Gasteiger charge is -2.07. The lowest BCUT2D eigenvalue weighted by molar-refractivity contribution is 0.630. The molecule has 3 rings (SSSR count). The maximum atomic E-state index is 12.7. The Morgan fingerprint density at radius 1 is 1.00 bits per heavy atom. The third kappa shape index (κ3) is 2.53. The largest absolute Gasteiger partial charge is 0.349 e. The smallest absolute Gasteiger partial charge is 0.295 e. The number of para-hydroxylation sites is 1. The van der Waals surface area contributed by atoms with Crippen molar-refractivity contribution in [3.63, 3.8) is 0 Å². The molecule has 0 amide bonds. The average molecular weight is 314 g/mol. The van der Waals surface area contributed by atoms with Crippen LogP contribution >= 0.6 is 11.6 Å². The van der Waals surface area contributed by atoms with Crippen LogP contribution in [0, 0.1) is 6.92 Å². The summed E-state index contributed by atoms with van der Waals surface area (Å²) in [4.78, 5) is 12.7. The predicted molar refractivity (Wildman–Crippen MR) is 90.5 cm³/mol. The highest BCUT2D eigenvalue weighted by atomic mass is 35.5. The lowest BCUT2D eigenvalue weighted by atomic mass is 10.3. The van der Waals surface area contributed by atoms with E-state index in [1.807, 2.05) is 61.1 Å². The first-order valence-electron chi connectivity index (χ1n) is 6.94. The number of aromatic nitrogens is 2. The quantitative estimate of drug-likeness (QED) is 0.797. The van der Waals surface area contributed by atoms with E-state index in [-0.39, 0.29) is 5.56 Å². The molecule has 5 heteroatoms. The molecule has 2 aromatic carbocycles. The van der Waals surface area contributed by atoms with Crippen molar-refractivity contribution in [2.24, 2.45) is 7.05 Å². The summed E-state index contributed by atoms with van der Waals surface area (Å²) in [7, 11) is 1.87. The van der Waals surface area contributed by atoms with Gasteiger partial charge in [-0.05, 0) is 43.3 Å². The fourth-order valence-corrected chi connectivity index (χ4v) is 2.52. The first-order chi connectivity index (χ1) is 10.6. The van der Waals surface area contributed by atoms with Crippen molar-refractivity contribution < 1.29 is 0 Å². The van der Waals surface area contributed by atoms with Crippen molar-refractivity contribution in [2.75, 3.05) is 5.32 Å². The summed E-state index contributed by atoms with van der Waals surface area (Å²) in [6, 6.07) is 16.8. The zero-order chi connectivity index (χ0) is 15.7. The van der Waals surface area contributed by atoms with Gasteiger partial charge in [0, 0.05) is 17.8 Å². The molecule has 0 fully saturated rings. The molecule has 1 heterocycles. The Balaban J connectivity index is 2.07. The molecule has 0 bridgehead atoms. The summed E-state index contributed by atoms with van der Waals surface area (Å²) in [6.07, 6.45) is 0. The number of hydrogen-bond acceptors (Lipinski definition) is 2. The molecule has 0 aliphatic heterocycles. The van der Waals surface area contributed by atoms with Gasteiger partial charge < -0.3 is 5.32 Å². The van der Waals surface area contributed by atoms with E-state index in [0.29, 0.717) is 10.7 Å². The van der Waals surface area contributed by atoms with Crippen molar-refractivity contribution in [3.8, 4) is 5.69 Å². The molecule has 3 aromatic rings. The third-order valence-electron chi connectivity index (χ3n) is 3.67. The number of anilines is 2. The van der Waals surface area contributed by atoms with Crippen LogP contribution in [0.5, 0.6) is 0 Å². The molecule has 1 N–H and O–H groups in total. The van der Waals surface area contributed by atoms with Crippen molar-refractivity contribution >= 4 is 23.0 Å². The van der Waals surface area contributed by atoms with Gasteiger partial charge >= 0.3 is 0 Å². The number of nitrogens with zero attached hydrogens (tertiary/aromatic N) is 2. The van der Waals surface area contributed by atoms with Crippen LogP contribution in [0.1, 0.15) is 5.69 Å². The van der Waals surface area contributed by atoms with Gasteiger partial charge in [0.1, 0.15) is 5.69 Å². The van der Waals surface area contributed by atoms with Gasteiger partial charge in [-0.15, -0.1) is 0 Å². The molecule has 0 saturated heterocycles. The molecule has 0 atom stereocenters. The molecule has 112 valence electrons. The highest BCUT2D eigenvalue weighted by molar-refractivity contribution is 6.30. The Bertz CT molecular complexity index is 848. The van der Waals surface area contributed by atoms with E-state index in [9.17, 15) is 4.79 Å². The minimum absolute atomic E-state index is 0.0823. The van der Waals surface area contributed by atoms with Gasteiger partial charge in [-0.2, -0.15) is 0 Å². The zero-order valence-corrected chi connectivity index (χ0v) is 13.1. The van der Waals surface area contributed by atoms with Crippen LogP contribution in [0.2, 0.25) is 5.02 Å². The predicted octanol–water partition coefficient (Wildman–Crippen LogP) is 3.88. The SMILES string of the molecule is Cc1c(Nc2ccc(Cl)cc2)c(=O)n(-c2ccccc2)n1C. The summed E-state index contributed by atoms with van der Waals surface area (Å²) in [5, 5.41) is 3.85. The molecular formula is C17H16ClN3O. The maximum Gasteiger partial charge on any atom is 0.295 e. The number of nitrogens with one attached hydrogen (secondary N) is 1. The van der Waals surface area contributed by atoms with Gasteiger partial charge in [-0.25, -0.2) is 4.68 Å².